The first kappa shape index (κ1) is 16.0. The summed E-state index contributed by atoms with van der Waals surface area (Å²) < 4.78 is 4.73. The number of methoxy groups -OCH3 is 1. The number of nitrogens with zero attached hydrogens (tertiary/aromatic N) is 1. The summed E-state index contributed by atoms with van der Waals surface area (Å²) in [5.41, 5.74) is 1.50. The van der Waals surface area contributed by atoms with Crippen molar-refractivity contribution in [2.45, 2.75) is 44.9 Å². The standard InChI is InChI=1S/C19H25NO3/c1-23-18(22)16-7-5-6-15(14-16)17(21)20-12-10-19(11-13-20)8-3-2-4-9-19/h5-7,14H,2-4,8-13H2,1H3. The predicted molar refractivity (Wildman–Crippen MR) is 88.4 cm³/mol. The van der Waals surface area contributed by atoms with Gasteiger partial charge in [0.05, 0.1) is 12.7 Å². The Kier molecular flexibility index (Phi) is 4.69. The van der Waals surface area contributed by atoms with Gasteiger partial charge in [0.1, 0.15) is 0 Å². The van der Waals surface area contributed by atoms with Crippen molar-refractivity contribution in [2.75, 3.05) is 20.2 Å². The van der Waals surface area contributed by atoms with Gasteiger partial charge in [-0.25, -0.2) is 4.79 Å². The molecule has 0 bridgehead atoms. The second-order valence-electron chi connectivity index (χ2n) is 6.93. The number of ether oxygens (including phenoxy) is 1. The Morgan fingerprint density at radius 2 is 1.65 bits per heavy atom. The Labute approximate surface area is 137 Å². The average Bonchev–Trinajstić information content (AvgIpc) is 2.62. The zero-order valence-corrected chi connectivity index (χ0v) is 13.8. The number of benzene rings is 1. The van der Waals surface area contributed by atoms with E-state index in [-0.39, 0.29) is 5.91 Å². The molecule has 3 rings (SSSR count). The molecular formula is C19H25NO3. The minimum atomic E-state index is -0.403. The summed E-state index contributed by atoms with van der Waals surface area (Å²) >= 11 is 0. The molecule has 0 unspecified atom stereocenters. The first-order valence-electron chi connectivity index (χ1n) is 8.61. The maximum Gasteiger partial charge on any atom is 0.337 e. The minimum absolute atomic E-state index is 0.0291. The zero-order chi connectivity index (χ0) is 16.3. The van der Waals surface area contributed by atoms with E-state index < -0.39 is 5.97 Å². The van der Waals surface area contributed by atoms with Gasteiger partial charge in [-0.2, -0.15) is 0 Å². The van der Waals surface area contributed by atoms with Gasteiger partial charge in [-0.05, 0) is 49.3 Å². The van der Waals surface area contributed by atoms with Crippen LogP contribution in [0.25, 0.3) is 0 Å². The second kappa shape index (κ2) is 6.73. The van der Waals surface area contributed by atoms with Crippen LogP contribution in [0.3, 0.4) is 0 Å². The van der Waals surface area contributed by atoms with Gasteiger partial charge < -0.3 is 9.64 Å². The fraction of sp³-hybridized carbons (Fsp3) is 0.579. The highest BCUT2D eigenvalue weighted by Crippen LogP contribution is 2.44. The summed E-state index contributed by atoms with van der Waals surface area (Å²) in [4.78, 5) is 26.3. The average molecular weight is 315 g/mol. The summed E-state index contributed by atoms with van der Waals surface area (Å²) in [6.45, 7) is 1.67. The Bertz CT molecular complexity index is 580. The number of carbonyl (C=O) groups excluding carboxylic acids is 2. The van der Waals surface area contributed by atoms with Crippen LogP contribution in [0.5, 0.6) is 0 Å². The molecule has 1 aliphatic carbocycles. The van der Waals surface area contributed by atoms with Crippen molar-refractivity contribution in [3.05, 3.63) is 35.4 Å². The molecule has 2 fully saturated rings. The highest BCUT2D eigenvalue weighted by Gasteiger charge is 2.36. The molecule has 1 spiro atoms. The van der Waals surface area contributed by atoms with Gasteiger partial charge in [-0.1, -0.05) is 25.3 Å². The lowest BCUT2D eigenvalue weighted by Gasteiger charge is -2.44. The molecule has 1 aliphatic heterocycles. The van der Waals surface area contributed by atoms with Crippen LogP contribution in [0, 0.1) is 5.41 Å². The van der Waals surface area contributed by atoms with Crippen molar-refractivity contribution in [1.82, 2.24) is 4.90 Å². The van der Waals surface area contributed by atoms with E-state index in [1.54, 1.807) is 24.3 Å². The molecule has 23 heavy (non-hydrogen) atoms. The maximum atomic E-state index is 12.7. The van der Waals surface area contributed by atoms with Gasteiger partial charge in [-0.15, -0.1) is 0 Å². The summed E-state index contributed by atoms with van der Waals surface area (Å²) in [7, 11) is 1.35. The summed E-state index contributed by atoms with van der Waals surface area (Å²) in [6, 6.07) is 6.83. The van der Waals surface area contributed by atoms with Crippen molar-refractivity contribution in [3.8, 4) is 0 Å². The van der Waals surface area contributed by atoms with Crippen LogP contribution in [0.1, 0.15) is 65.7 Å². The van der Waals surface area contributed by atoms with Crippen molar-refractivity contribution in [2.24, 2.45) is 5.41 Å². The third kappa shape index (κ3) is 3.41. The van der Waals surface area contributed by atoms with Crippen LogP contribution in [-0.2, 0) is 4.74 Å². The van der Waals surface area contributed by atoms with E-state index in [9.17, 15) is 9.59 Å². The molecule has 0 aromatic heterocycles. The van der Waals surface area contributed by atoms with E-state index in [1.165, 1.54) is 39.2 Å². The van der Waals surface area contributed by atoms with Gasteiger partial charge in [0.2, 0.25) is 0 Å². The normalized spacial score (nSPS) is 20.3. The Hall–Kier alpha value is -1.84. The molecule has 1 saturated heterocycles. The van der Waals surface area contributed by atoms with Crippen molar-refractivity contribution < 1.29 is 14.3 Å². The summed E-state index contributed by atoms with van der Waals surface area (Å²) in [5.74, 6) is -0.374. The Morgan fingerprint density at radius 1 is 1.00 bits per heavy atom. The van der Waals surface area contributed by atoms with Crippen LogP contribution in [0.15, 0.2) is 24.3 Å². The number of piperidine rings is 1. The molecule has 4 nitrogen and oxygen atoms in total. The lowest BCUT2D eigenvalue weighted by atomic mass is 9.68. The van der Waals surface area contributed by atoms with Crippen molar-refractivity contribution >= 4 is 11.9 Å². The molecule has 1 aromatic rings. The number of hydrogen-bond donors (Lipinski definition) is 0. The van der Waals surface area contributed by atoms with Crippen molar-refractivity contribution in [1.29, 1.82) is 0 Å². The molecule has 1 amide bonds. The van der Waals surface area contributed by atoms with E-state index in [0.717, 1.165) is 25.9 Å². The minimum Gasteiger partial charge on any atom is -0.465 e. The fourth-order valence-corrected chi connectivity index (χ4v) is 4.07. The van der Waals surface area contributed by atoms with Crippen LogP contribution in [-0.4, -0.2) is 37.0 Å². The van der Waals surface area contributed by atoms with E-state index in [0.29, 0.717) is 16.5 Å². The molecule has 0 radical (unpaired) electrons. The van der Waals surface area contributed by atoms with E-state index in [1.807, 2.05) is 4.90 Å². The molecule has 1 saturated carbocycles. The molecule has 4 heteroatoms. The highest BCUT2D eigenvalue weighted by molar-refractivity contribution is 5.97. The topological polar surface area (TPSA) is 46.6 Å². The van der Waals surface area contributed by atoms with Crippen LogP contribution in [0.4, 0.5) is 0 Å². The number of likely N-dealkylation sites (tertiary alicyclic amines) is 1. The lowest BCUT2D eigenvalue weighted by Crippen LogP contribution is -2.43. The zero-order valence-electron chi connectivity index (χ0n) is 13.8. The van der Waals surface area contributed by atoms with Gasteiger partial charge in [0, 0.05) is 18.7 Å². The number of carbonyl (C=O) groups is 2. The molecule has 1 heterocycles. The SMILES string of the molecule is COC(=O)c1cccc(C(=O)N2CCC3(CCCCC3)CC2)c1. The van der Waals surface area contributed by atoms with Crippen LogP contribution < -0.4 is 0 Å². The van der Waals surface area contributed by atoms with Gasteiger partial charge in [0.25, 0.3) is 5.91 Å². The molecule has 2 aliphatic rings. The van der Waals surface area contributed by atoms with E-state index in [2.05, 4.69) is 0 Å². The number of hydrogen-bond acceptors (Lipinski definition) is 3. The fourth-order valence-electron chi connectivity index (χ4n) is 4.07. The molecule has 0 N–H and O–H groups in total. The quantitative estimate of drug-likeness (QED) is 0.783. The monoisotopic (exact) mass is 315 g/mol. The first-order valence-corrected chi connectivity index (χ1v) is 8.61. The van der Waals surface area contributed by atoms with E-state index >= 15 is 0 Å². The number of rotatable bonds is 2. The largest absolute Gasteiger partial charge is 0.465 e. The van der Waals surface area contributed by atoms with Crippen LogP contribution in [0.2, 0.25) is 0 Å². The Morgan fingerprint density at radius 3 is 2.30 bits per heavy atom. The number of esters is 1. The molecule has 0 atom stereocenters. The van der Waals surface area contributed by atoms with Crippen LogP contribution >= 0.6 is 0 Å². The second-order valence-corrected chi connectivity index (χ2v) is 6.93. The number of amides is 1. The van der Waals surface area contributed by atoms with Gasteiger partial charge >= 0.3 is 5.97 Å². The summed E-state index contributed by atoms with van der Waals surface area (Å²) in [5, 5.41) is 0. The highest BCUT2D eigenvalue weighted by atomic mass is 16.5. The first-order chi connectivity index (χ1) is 11.1. The molecule has 1 aromatic carbocycles. The third-order valence-corrected chi connectivity index (χ3v) is 5.56. The van der Waals surface area contributed by atoms with Gasteiger partial charge in [-0.3, -0.25) is 4.79 Å². The van der Waals surface area contributed by atoms with Gasteiger partial charge in [0.15, 0.2) is 0 Å². The van der Waals surface area contributed by atoms with E-state index in [4.69, 9.17) is 4.74 Å². The molecule has 124 valence electrons. The van der Waals surface area contributed by atoms with Crippen molar-refractivity contribution in [3.63, 3.8) is 0 Å². The Balaban J connectivity index is 1.66. The lowest BCUT2D eigenvalue weighted by molar-refractivity contribution is 0.0472. The molecular weight excluding hydrogens is 290 g/mol. The smallest absolute Gasteiger partial charge is 0.337 e. The predicted octanol–water partition coefficient (Wildman–Crippen LogP) is 3.66. The maximum absolute atomic E-state index is 12.7. The third-order valence-electron chi connectivity index (χ3n) is 5.56. The summed E-state index contributed by atoms with van der Waals surface area (Å²) in [6.07, 6.45) is 8.94.